The standard InChI is InChI=1S/C34H32N2/c1-26-23-28(15-22-34(26)33-20-13-30(25-36)14-21-33)8-6-4-2-3-5-7-27-9-16-31(17-10-27)32-18-11-29(24-35)12-19-32/h9-23H,2-8H2,1H3. The van der Waals surface area contributed by atoms with Crippen LogP contribution in [0.3, 0.4) is 0 Å². The molecule has 0 fully saturated rings. The monoisotopic (exact) mass is 468 g/mol. The van der Waals surface area contributed by atoms with Crippen molar-refractivity contribution < 1.29 is 0 Å². The molecule has 0 aromatic heterocycles. The third-order valence-corrected chi connectivity index (χ3v) is 6.85. The molecule has 2 nitrogen and oxygen atoms in total. The quantitative estimate of drug-likeness (QED) is 0.218. The summed E-state index contributed by atoms with van der Waals surface area (Å²) in [6, 6.07) is 35.6. The molecule has 4 rings (SSSR count). The van der Waals surface area contributed by atoms with E-state index < -0.39 is 0 Å². The Balaban J connectivity index is 1.15. The van der Waals surface area contributed by atoms with Gasteiger partial charge in [0.1, 0.15) is 0 Å². The lowest BCUT2D eigenvalue weighted by Gasteiger charge is -2.09. The fraction of sp³-hybridized carbons (Fsp3) is 0.235. The number of benzene rings is 4. The van der Waals surface area contributed by atoms with Crippen LogP contribution in [0, 0.1) is 29.6 Å². The summed E-state index contributed by atoms with van der Waals surface area (Å²) in [6.45, 7) is 2.17. The molecule has 0 saturated heterocycles. The third-order valence-electron chi connectivity index (χ3n) is 6.85. The van der Waals surface area contributed by atoms with Crippen LogP contribution in [0.4, 0.5) is 0 Å². The van der Waals surface area contributed by atoms with E-state index in [-0.39, 0.29) is 0 Å². The van der Waals surface area contributed by atoms with E-state index >= 15 is 0 Å². The van der Waals surface area contributed by atoms with Crippen molar-refractivity contribution in [2.24, 2.45) is 0 Å². The Hall–Kier alpha value is -4.14. The predicted molar refractivity (Wildman–Crippen MR) is 148 cm³/mol. The highest BCUT2D eigenvalue weighted by Gasteiger charge is 2.04. The molecule has 0 aliphatic heterocycles. The normalized spacial score (nSPS) is 10.5. The Bertz CT molecular complexity index is 1350. The van der Waals surface area contributed by atoms with E-state index in [2.05, 4.69) is 61.5 Å². The van der Waals surface area contributed by atoms with Crippen molar-refractivity contribution in [3.05, 3.63) is 119 Å². The summed E-state index contributed by atoms with van der Waals surface area (Å²) in [7, 11) is 0. The maximum Gasteiger partial charge on any atom is 0.0991 e. The van der Waals surface area contributed by atoms with Gasteiger partial charge in [-0.25, -0.2) is 0 Å². The largest absolute Gasteiger partial charge is 0.192 e. The molecule has 4 aromatic carbocycles. The first-order valence-electron chi connectivity index (χ1n) is 12.9. The van der Waals surface area contributed by atoms with Crippen LogP contribution in [0.25, 0.3) is 22.3 Å². The summed E-state index contributed by atoms with van der Waals surface area (Å²) < 4.78 is 0. The van der Waals surface area contributed by atoms with Crippen LogP contribution in [0.5, 0.6) is 0 Å². The highest BCUT2D eigenvalue weighted by Crippen LogP contribution is 2.26. The number of unbranched alkanes of at least 4 members (excludes halogenated alkanes) is 4. The van der Waals surface area contributed by atoms with Gasteiger partial charge in [0.2, 0.25) is 0 Å². The number of aryl methyl sites for hydroxylation is 3. The second kappa shape index (κ2) is 12.5. The van der Waals surface area contributed by atoms with E-state index in [0.29, 0.717) is 11.1 Å². The second-order valence-corrected chi connectivity index (χ2v) is 9.49. The van der Waals surface area contributed by atoms with Gasteiger partial charge in [-0.1, -0.05) is 86.0 Å². The van der Waals surface area contributed by atoms with Gasteiger partial charge >= 0.3 is 0 Å². The van der Waals surface area contributed by atoms with Crippen LogP contribution in [-0.2, 0) is 12.8 Å². The van der Waals surface area contributed by atoms with Crippen molar-refractivity contribution in [3.8, 4) is 34.4 Å². The first-order chi connectivity index (χ1) is 17.7. The predicted octanol–water partition coefficient (Wildman–Crippen LogP) is 8.81. The number of nitrogens with zero attached hydrogens (tertiary/aromatic N) is 2. The summed E-state index contributed by atoms with van der Waals surface area (Å²) in [6.07, 6.45) is 8.55. The fourth-order valence-corrected chi connectivity index (χ4v) is 4.72. The highest BCUT2D eigenvalue weighted by molar-refractivity contribution is 5.68. The van der Waals surface area contributed by atoms with Crippen LogP contribution in [-0.4, -0.2) is 0 Å². The average Bonchev–Trinajstić information content (AvgIpc) is 2.93. The lowest BCUT2D eigenvalue weighted by molar-refractivity contribution is 0.613. The molecular formula is C34H32N2. The topological polar surface area (TPSA) is 47.6 Å². The number of hydrogen-bond donors (Lipinski definition) is 0. The van der Waals surface area contributed by atoms with Gasteiger partial charge in [0.15, 0.2) is 0 Å². The Labute approximate surface area is 215 Å². The van der Waals surface area contributed by atoms with Gasteiger partial charge in [-0.05, 0) is 95.8 Å². The van der Waals surface area contributed by atoms with Gasteiger partial charge in [-0.15, -0.1) is 0 Å². The SMILES string of the molecule is Cc1cc(CCCCCCCc2ccc(-c3ccc(C#N)cc3)cc2)ccc1-c1ccc(C#N)cc1. The second-order valence-electron chi connectivity index (χ2n) is 9.49. The molecule has 0 aliphatic carbocycles. The lowest BCUT2D eigenvalue weighted by atomic mass is 9.95. The molecule has 0 unspecified atom stereocenters. The van der Waals surface area contributed by atoms with E-state index in [4.69, 9.17) is 10.5 Å². The van der Waals surface area contributed by atoms with Crippen LogP contribution in [0.15, 0.2) is 91.0 Å². The molecule has 0 radical (unpaired) electrons. The maximum atomic E-state index is 8.99. The van der Waals surface area contributed by atoms with Gasteiger partial charge in [0, 0.05) is 0 Å². The van der Waals surface area contributed by atoms with Gasteiger partial charge in [0.05, 0.1) is 23.3 Å². The van der Waals surface area contributed by atoms with Gasteiger partial charge in [-0.2, -0.15) is 10.5 Å². The van der Waals surface area contributed by atoms with E-state index in [9.17, 15) is 0 Å². The summed E-state index contributed by atoms with van der Waals surface area (Å²) in [5.74, 6) is 0. The molecule has 0 aliphatic rings. The van der Waals surface area contributed by atoms with E-state index in [1.165, 1.54) is 65.5 Å². The van der Waals surface area contributed by atoms with E-state index in [1.54, 1.807) is 0 Å². The Morgan fingerprint density at radius 1 is 0.500 bits per heavy atom. The molecule has 4 aromatic rings. The van der Waals surface area contributed by atoms with Gasteiger partial charge in [0.25, 0.3) is 0 Å². The lowest BCUT2D eigenvalue weighted by Crippen LogP contribution is -1.91. The zero-order chi connectivity index (χ0) is 25.2. The molecule has 178 valence electrons. The summed E-state index contributed by atoms with van der Waals surface area (Å²) in [5, 5.41) is 17.9. The number of rotatable bonds is 10. The highest BCUT2D eigenvalue weighted by atomic mass is 14.2. The van der Waals surface area contributed by atoms with Crippen molar-refractivity contribution in [2.45, 2.75) is 51.9 Å². The molecule has 0 amide bonds. The van der Waals surface area contributed by atoms with Gasteiger partial charge < -0.3 is 0 Å². The zero-order valence-corrected chi connectivity index (χ0v) is 21.0. The van der Waals surface area contributed by atoms with Crippen LogP contribution < -0.4 is 0 Å². The Morgan fingerprint density at radius 3 is 1.47 bits per heavy atom. The smallest absolute Gasteiger partial charge is 0.0991 e. The molecule has 0 bridgehead atoms. The Kier molecular flexibility index (Phi) is 8.69. The third kappa shape index (κ3) is 6.71. The number of nitriles is 2. The first-order valence-corrected chi connectivity index (χ1v) is 12.9. The summed E-state index contributed by atoms with van der Waals surface area (Å²) in [5.41, 5.74) is 10.3. The average molecular weight is 469 g/mol. The molecule has 0 atom stereocenters. The van der Waals surface area contributed by atoms with E-state index in [0.717, 1.165) is 18.4 Å². The van der Waals surface area contributed by atoms with Crippen LogP contribution >= 0.6 is 0 Å². The maximum absolute atomic E-state index is 8.99. The van der Waals surface area contributed by atoms with Crippen molar-refractivity contribution in [2.75, 3.05) is 0 Å². The van der Waals surface area contributed by atoms with E-state index in [1.807, 2.05) is 48.5 Å². The molecule has 36 heavy (non-hydrogen) atoms. The molecular weight excluding hydrogens is 436 g/mol. The van der Waals surface area contributed by atoms with Crippen molar-refractivity contribution in [3.63, 3.8) is 0 Å². The minimum atomic E-state index is 0.697. The minimum Gasteiger partial charge on any atom is -0.192 e. The molecule has 2 heteroatoms. The van der Waals surface area contributed by atoms with Crippen LogP contribution in [0.2, 0.25) is 0 Å². The van der Waals surface area contributed by atoms with Crippen molar-refractivity contribution in [1.82, 2.24) is 0 Å². The fourth-order valence-electron chi connectivity index (χ4n) is 4.72. The van der Waals surface area contributed by atoms with Gasteiger partial charge in [-0.3, -0.25) is 0 Å². The molecule has 0 saturated carbocycles. The zero-order valence-electron chi connectivity index (χ0n) is 21.0. The molecule has 0 heterocycles. The first kappa shape index (κ1) is 25.0. The van der Waals surface area contributed by atoms with Crippen molar-refractivity contribution in [1.29, 1.82) is 10.5 Å². The van der Waals surface area contributed by atoms with Crippen molar-refractivity contribution >= 4 is 0 Å². The Morgan fingerprint density at radius 2 is 0.944 bits per heavy atom. The molecule has 0 N–H and O–H groups in total. The molecule has 0 spiro atoms. The minimum absolute atomic E-state index is 0.697. The summed E-state index contributed by atoms with van der Waals surface area (Å²) in [4.78, 5) is 0. The number of hydrogen-bond acceptors (Lipinski definition) is 2. The van der Waals surface area contributed by atoms with Crippen LogP contribution in [0.1, 0.15) is 59.9 Å². The summed E-state index contributed by atoms with van der Waals surface area (Å²) >= 11 is 0.